The van der Waals surface area contributed by atoms with Crippen molar-refractivity contribution in [2.45, 2.75) is 26.7 Å². The first-order valence-electron chi connectivity index (χ1n) is 9.59. The van der Waals surface area contributed by atoms with Crippen molar-refractivity contribution < 1.29 is 38.5 Å². The molecule has 0 bridgehead atoms. The Balaban J connectivity index is 1.97. The number of rotatable bonds is 11. The number of allylic oxidation sites excluding steroid dienone is 2. The first-order valence-corrected chi connectivity index (χ1v) is 10.6. The summed E-state index contributed by atoms with van der Waals surface area (Å²) in [5.74, 6) is 0.0734. The first kappa shape index (κ1) is 25.1. The van der Waals surface area contributed by atoms with Gasteiger partial charge >= 0.3 is 5.97 Å². The first-order chi connectivity index (χ1) is 15.4. The van der Waals surface area contributed by atoms with Crippen molar-refractivity contribution in [2.24, 2.45) is 0 Å². The number of carbonyl (C=O) groups is 3. The summed E-state index contributed by atoms with van der Waals surface area (Å²) in [4.78, 5) is 35.6. The van der Waals surface area contributed by atoms with E-state index in [1.807, 2.05) is 0 Å². The maximum atomic E-state index is 12.5. The average molecular weight is 461 g/mol. The summed E-state index contributed by atoms with van der Waals surface area (Å²) in [6, 6.07) is 6.21. The van der Waals surface area contributed by atoms with Crippen LogP contribution < -0.4 is 4.74 Å². The molecule has 2 N–H and O–H groups in total. The van der Waals surface area contributed by atoms with E-state index >= 15 is 0 Å². The van der Waals surface area contributed by atoms with Gasteiger partial charge in [0.15, 0.2) is 5.78 Å². The molecule has 9 heteroatoms. The number of ketones is 1. The van der Waals surface area contributed by atoms with E-state index in [1.165, 1.54) is 37.5 Å². The molecule has 170 valence electrons. The van der Waals surface area contributed by atoms with Crippen LogP contribution in [0, 0.1) is 0 Å². The summed E-state index contributed by atoms with van der Waals surface area (Å²) >= 11 is 0.848. The molecule has 0 aliphatic heterocycles. The fraction of sp³-hybridized carbons (Fsp3) is 0.261. The van der Waals surface area contributed by atoms with Crippen LogP contribution in [0.15, 0.2) is 46.9 Å². The fourth-order valence-corrected chi connectivity index (χ4v) is 3.25. The number of carbonyl (C=O) groups excluding carboxylic acids is 3. The number of hydrogen-bond donors (Lipinski definition) is 2. The third kappa shape index (κ3) is 7.23. The van der Waals surface area contributed by atoms with Crippen LogP contribution in [0.1, 0.15) is 39.9 Å². The van der Waals surface area contributed by atoms with Gasteiger partial charge < -0.3 is 24.1 Å². The molecule has 0 radical (unpaired) electrons. The van der Waals surface area contributed by atoms with Crippen molar-refractivity contribution in [3.8, 4) is 5.75 Å². The highest BCUT2D eigenvalue weighted by Gasteiger charge is 2.14. The zero-order valence-electron chi connectivity index (χ0n) is 17.7. The Morgan fingerprint density at radius 1 is 1.12 bits per heavy atom. The van der Waals surface area contributed by atoms with E-state index in [0.717, 1.165) is 11.8 Å². The molecule has 1 heterocycles. The zero-order valence-corrected chi connectivity index (χ0v) is 18.5. The number of benzene rings is 1. The molecule has 0 unspecified atom stereocenters. The standard InChI is InChI=1S/C23H24O8S/c1-3-4-23(28)32-14-22(27)30-13-18-6-5-17(31-18)7-8-20(26)15-9-16(11-24)19(12-25)21(10-15)29-2/h3-10,24-25H,11-14H2,1-2H3/b4-3+,8-7+. The van der Waals surface area contributed by atoms with Crippen molar-refractivity contribution in [1.29, 1.82) is 0 Å². The quantitative estimate of drug-likeness (QED) is 0.296. The number of aliphatic hydroxyl groups is 2. The minimum Gasteiger partial charge on any atom is -0.496 e. The van der Waals surface area contributed by atoms with Crippen LogP contribution in [0.3, 0.4) is 0 Å². The van der Waals surface area contributed by atoms with Crippen LogP contribution in [0.4, 0.5) is 0 Å². The maximum Gasteiger partial charge on any atom is 0.316 e. The highest BCUT2D eigenvalue weighted by Crippen LogP contribution is 2.26. The largest absolute Gasteiger partial charge is 0.496 e. The van der Waals surface area contributed by atoms with Gasteiger partial charge in [0.2, 0.25) is 5.12 Å². The molecule has 0 aliphatic carbocycles. The number of thioether (sulfide) groups is 1. The van der Waals surface area contributed by atoms with E-state index in [4.69, 9.17) is 13.9 Å². The van der Waals surface area contributed by atoms with E-state index in [1.54, 1.807) is 25.1 Å². The SMILES string of the molecule is C/C=C/C(=O)SCC(=O)OCc1ccc(/C=C/C(=O)c2cc(CO)c(CO)c(OC)c2)o1. The van der Waals surface area contributed by atoms with Crippen molar-refractivity contribution in [1.82, 2.24) is 0 Å². The van der Waals surface area contributed by atoms with Gasteiger partial charge in [0.1, 0.15) is 23.9 Å². The van der Waals surface area contributed by atoms with Gasteiger partial charge in [-0.3, -0.25) is 14.4 Å². The van der Waals surface area contributed by atoms with Crippen molar-refractivity contribution in [2.75, 3.05) is 12.9 Å². The van der Waals surface area contributed by atoms with Crippen LogP contribution in [-0.4, -0.2) is 39.9 Å². The smallest absolute Gasteiger partial charge is 0.316 e. The third-order valence-electron chi connectivity index (χ3n) is 4.23. The highest BCUT2D eigenvalue weighted by atomic mass is 32.2. The molecule has 32 heavy (non-hydrogen) atoms. The molecule has 0 fully saturated rings. The Morgan fingerprint density at radius 2 is 1.91 bits per heavy atom. The topological polar surface area (TPSA) is 123 Å². The third-order valence-corrected chi connectivity index (χ3v) is 5.03. The Bertz CT molecular complexity index is 994. The Labute approximate surface area is 189 Å². The molecule has 8 nitrogen and oxygen atoms in total. The van der Waals surface area contributed by atoms with E-state index in [-0.39, 0.29) is 42.0 Å². The number of esters is 1. The normalized spacial score (nSPS) is 11.2. The van der Waals surface area contributed by atoms with E-state index in [2.05, 4.69) is 0 Å². The minimum atomic E-state index is -0.545. The van der Waals surface area contributed by atoms with Crippen LogP contribution in [0.5, 0.6) is 5.75 Å². The van der Waals surface area contributed by atoms with Crippen LogP contribution >= 0.6 is 11.8 Å². The van der Waals surface area contributed by atoms with Gasteiger partial charge in [0.05, 0.1) is 26.1 Å². The van der Waals surface area contributed by atoms with E-state index in [0.29, 0.717) is 28.4 Å². The Hall–Kier alpha value is -3.14. The lowest BCUT2D eigenvalue weighted by Crippen LogP contribution is -2.08. The summed E-state index contributed by atoms with van der Waals surface area (Å²) in [5, 5.41) is 18.7. The van der Waals surface area contributed by atoms with Gasteiger partial charge in [0.25, 0.3) is 0 Å². The van der Waals surface area contributed by atoms with Crippen molar-refractivity contribution >= 4 is 34.7 Å². The summed E-state index contributed by atoms with van der Waals surface area (Å²) in [7, 11) is 1.41. The lowest BCUT2D eigenvalue weighted by atomic mass is 10.0. The Kier molecular flexibility index (Phi) is 9.93. The average Bonchev–Trinajstić information content (AvgIpc) is 3.26. The molecule has 2 aromatic rings. The lowest BCUT2D eigenvalue weighted by Gasteiger charge is -2.12. The number of hydrogen-bond acceptors (Lipinski definition) is 9. The lowest BCUT2D eigenvalue weighted by molar-refractivity contribution is -0.142. The molecule has 0 aliphatic rings. The van der Waals surface area contributed by atoms with Crippen molar-refractivity contribution in [3.05, 3.63) is 70.7 Å². The summed E-state index contributed by atoms with van der Waals surface area (Å²) in [5.41, 5.74) is 1.10. The molecule has 0 atom stereocenters. The number of methoxy groups -OCH3 is 1. The molecule has 0 saturated carbocycles. The number of ether oxygens (including phenoxy) is 2. The van der Waals surface area contributed by atoms with Crippen LogP contribution in [0.2, 0.25) is 0 Å². The van der Waals surface area contributed by atoms with Gasteiger partial charge in [-0.05, 0) is 55.0 Å². The number of furan rings is 1. The van der Waals surface area contributed by atoms with E-state index < -0.39 is 5.97 Å². The second-order valence-corrected chi connectivity index (χ2v) is 7.38. The van der Waals surface area contributed by atoms with Crippen LogP contribution in [-0.2, 0) is 34.1 Å². The summed E-state index contributed by atoms with van der Waals surface area (Å²) in [6.07, 6.45) is 5.72. The molecule has 1 aromatic heterocycles. The predicted molar refractivity (Wildman–Crippen MR) is 119 cm³/mol. The number of aliphatic hydroxyl groups excluding tert-OH is 2. The Morgan fingerprint density at radius 3 is 2.56 bits per heavy atom. The van der Waals surface area contributed by atoms with E-state index in [9.17, 15) is 24.6 Å². The minimum absolute atomic E-state index is 0.0977. The van der Waals surface area contributed by atoms with Gasteiger partial charge in [-0.25, -0.2) is 0 Å². The molecular weight excluding hydrogens is 436 g/mol. The molecule has 1 aromatic carbocycles. The molecule has 0 saturated heterocycles. The predicted octanol–water partition coefficient (Wildman–Crippen LogP) is 3.05. The zero-order chi connectivity index (χ0) is 23.5. The second-order valence-electron chi connectivity index (χ2n) is 6.40. The monoisotopic (exact) mass is 460 g/mol. The van der Waals surface area contributed by atoms with Crippen LogP contribution in [0.25, 0.3) is 6.08 Å². The van der Waals surface area contributed by atoms with Gasteiger partial charge in [0, 0.05) is 11.1 Å². The molecule has 0 amide bonds. The maximum absolute atomic E-state index is 12.5. The van der Waals surface area contributed by atoms with Gasteiger partial charge in [-0.1, -0.05) is 17.8 Å². The van der Waals surface area contributed by atoms with Gasteiger partial charge in [-0.15, -0.1) is 0 Å². The molecule has 0 spiro atoms. The molecular formula is C23H24O8S. The summed E-state index contributed by atoms with van der Waals surface area (Å²) in [6.45, 7) is 0.940. The fourth-order valence-electron chi connectivity index (χ4n) is 2.67. The summed E-state index contributed by atoms with van der Waals surface area (Å²) < 4.78 is 15.8. The molecule has 2 rings (SSSR count). The van der Waals surface area contributed by atoms with Crippen molar-refractivity contribution in [3.63, 3.8) is 0 Å². The van der Waals surface area contributed by atoms with Gasteiger partial charge in [-0.2, -0.15) is 0 Å². The highest BCUT2D eigenvalue weighted by molar-refractivity contribution is 8.14. The second kappa shape index (κ2) is 12.7.